The standard InChI is InChI=1S/C51H41N7O5S3/c1-62-57-41(40-33-66-50(54-40)56-51(37-22-11-4-12-23-37,38-24-13-5-14-25-38)39-26-15-6-16-27-39)45(59)55-42-46(60)58-43(36(32-65-47(42)58)28-31-64-49-52-29-17-30-53-49)48(61)63-44(34-18-7-2-8-19-34)35-20-9-3-10-21-35/h2-31,33,42,44,47H,32H2,1H3,(H,54,56)(H,55,59)/b31-28+,57-41+. The van der Waals surface area contributed by atoms with Gasteiger partial charge in [0.05, 0.1) is 0 Å². The quantitative estimate of drug-likeness (QED) is 0.0182. The second-order valence-corrected chi connectivity index (χ2v) is 17.8. The Hall–Kier alpha value is -7.33. The van der Waals surface area contributed by atoms with Gasteiger partial charge in [-0.05, 0) is 50.9 Å². The van der Waals surface area contributed by atoms with Gasteiger partial charge >= 0.3 is 5.97 Å². The van der Waals surface area contributed by atoms with Gasteiger partial charge in [-0.2, -0.15) is 0 Å². The molecular formula is C51H41N7O5S3. The largest absolute Gasteiger partial charge is 0.448 e. The maximum Gasteiger partial charge on any atom is 0.356 e. The molecule has 1 fully saturated rings. The highest BCUT2D eigenvalue weighted by Gasteiger charge is 2.55. The van der Waals surface area contributed by atoms with Crippen molar-refractivity contribution in [3.05, 3.63) is 232 Å². The van der Waals surface area contributed by atoms with Crippen molar-refractivity contribution in [1.82, 2.24) is 25.2 Å². The van der Waals surface area contributed by atoms with Crippen LogP contribution in [0.4, 0.5) is 5.13 Å². The summed E-state index contributed by atoms with van der Waals surface area (Å²) in [4.78, 5) is 63.1. The second kappa shape index (κ2) is 20.2. The van der Waals surface area contributed by atoms with Crippen LogP contribution in [0.3, 0.4) is 0 Å². The predicted octanol–water partition coefficient (Wildman–Crippen LogP) is 8.98. The third kappa shape index (κ3) is 9.13. The number of nitrogens with one attached hydrogen (secondary N) is 2. The normalized spacial score (nSPS) is 16.1. The number of ether oxygens (including phenoxy) is 1. The molecule has 12 nitrogen and oxygen atoms in total. The highest BCUT2D eigenvalue weighted by Crippen LogP contribution is 2.43. The second-order valence-electron chi connectivity index (χ2n) is 14.9. The summed E-state index contributed by atoms with van der Waals surface area (Å²) in [6, 6.07) is 49.9. The number of allylic oxidation sites excluding steroid dienone is 1. The molecule has 1 saturated heterocycles. The lowest BCUT2D eigenvalue weighted by Crippen LogP contribution is -2.71. The summed E-state index contributed by atoms with van der Waals surface area (Å²) in [6.45, 7) is 0. The van der Waals surface area contributed by atoms with Gasteiger partial charge in [0.2, 0.25) is 0 Å². The topological polar surface area (TPSA) is 148 Å². The number of thioether (sulfide) groups is 2. The summed E-state index contributed by atoms with van der Waals surface area (Å²) in [5.41, 5.74) is 4.41. The Balaban J connectivity index is 0.985. The summed E-state index contributed by atoms with van der Waals surface area (Å²) in [5.74, 6) is -1.49. The number of benzene rings is 5. The Labute approximate surface area is 393 Å². The highest BCUT2D eigenvalue weighted by atomic mass is 32.2. The Bertz CT molecular complexity index is 2750. The van der Waals surface area contributed by atoms with Crippen molar-refractivity contribution in [3.8, 4) is 0 Å². The van der Waals surface area contributed by atoms with Crippen LogP contribution in [0.2, 0.25) is 0 Å². The van der Waals surface area contributed by atoms with E-state index in [1.54, 1.807) is 35.3 Å². The first-order valence-electron chi connectivity index (χ1n) is 20.9. The lowest BCUT2D eigenvalue weighted by atomic mass is 9.77. The molecule has 0 radical (unpaired) electrons. The molecule has 9 rings (SSSR count). The number of fused-ring (bicyclic) bond motifs is 1. The third-order valence-corrected chi connectivity index (χ3v) is 13.7. The SMILES string of the molecule is CO/N=C(/C(=O)NC1C(=O)N2C(C(=O)OC(c3ccccc3)c3ccccc3)=C(/C=C/Sc3ncccn3)CSC12)c1csc(NC(c2ccccc2)(c2ccccc2)c2ccccc2)n1. The van der Waals surface area contributed by atoms with Crippen molar-refractivity contribution < 1.29 is 24.0 Å². The first-order chi connectivity index (χ1) is 32.4. The zero-order valence-corrected chi connectivity index (χ0v) is 37.8. The number of carbonyl (C=O) groups is 3. The molecule has 2 atom stereocenters. The highest BCUT2D eigenvalue weighted by molar-refractivity contribution is 8.02. The molecule has 7 aromatic rings. The third-order valence-electron chi connectivity index (χ3n) is 11.0. The molecular weight excluding hydrogens is 887 g/mol. The van der Waals surface area contributed by atoms with E-state index in [0.717, 1.165) is 27.8 Å². The fourth-order valence-corrected chi connectivity index (χ4v) is 10.6. The zero-order chi connectivity index (χ0) is 45.3. The van der Waals surface area contributed by atoms with Crippen molar-refractivity contribution in [3.63, 3.8) is 0 Å². The van der Waals surface area contributed by atoms with E-state index in [4.69, 9.17) is 14.6 Å². The molecule has 0 saturated carbocycles. The van der Waals surface area contributed by atoms with Gasteiger partial charge in [0, 0.05) is 23.5 Å². The molecule has 2 N–H and O–H groups in total. The average molecular weight is 928 g/mol. The van der Waals surface area contributed by atoms with Gasteiger partial charge in [-0.15, -0.1) is 23.1 Å². The van der Waals surface area contributed by atoms with Crippen LogP contribution in [0.5, 0.6) is 0 Å². The number of hydrogen-bond acceptors (Lipinski definition) is 13. The molecule has 2 aromatic heterocycles. The van der Waals surface area contributed by atoms with Gasteiger partial charge in [0.1, 0.15) is 35.5 Å². The minimum absolute atomic E-state index is 0.0941. The van der Waals surface area contributed by atoms with Crippen LogP contribution in [-0.2, 0) is 29.5 Å². The van der Waals surface area contributed by atoms with E-state index < -0.39 is 40.8 Å². The van der Waals surface area contributed by atoms with E-state index in [1.165, 1.54) is 46.9 Å². The predicted molar refractivity (Wildman–Crippen MR) is 258 cm³/mol. The Morgan fingerprint density at radius 1 is 0.803 bits per heavy atom. The van der Waals surface area contributed by atoms with Crippen molar-refractivity contribution in [2.75, 3.05) is 18.2 Å². The molecule has 2 aliphatic heterocycles. The van der Waals surface area contributed by atoms with E-state index in [0.29, 0.717) is 21.6 Å². The van der Waals surface area contributed by atoms with Crippen LogP contribution < -0.4 is 10.6 Å². The van der Waals surface area contributed by atoms with Crippen LogP contribution in [0.15, 0.2) is 209 Å². The molecule has 0 spiro atoms. The number of β-lactam (4-membered cyclic amide) rings is 1. The van der Waals surface area contributed by atoms with Crippen molar-refractivity contribution >= 4 is 63.5 Å². The maximum absolute atomic E-state index is 14.5. The van der Waals surface area contributed by atoms with Gasteiger partial charge in [0.25, 0.3) is 11.8 Å². The fraction of sp³-hybridized carbons (Fsp3) is 0.118. The molecule has 0 bridgehead atoms. The molecule has 66 heavy (non-hydrogen) atoms. The lowest BCUT2D eigenvalue weighted by molar-refractivity contribution is -0.154. The molecule has 0 aliphatic carbocycles. The number of rotatable bonds is 16. The molecule has 4 heterocycles. The number of nitrogens with zero attached hydrogens (tertiary/aromatic N) is 5. The van der Waals surface area contributed by atoms with E-state index >= 15 is 0 Å². The number of amides is 2. The molecule has 328 valence electrons. The van der Waals surface area contributed by atoms with E-state index in [9.17, 15) is 14.4 Å². The van der Waals surface area contributed by atoms with Crippen LogP contribution in [-0.4, -0.2) is 67.6 Å². The number of esters is 1. The van der Waals surface area contributed by atoms with Crippen LogP contribution >= 0.6 is 34.9 Å². The lowest BCUT2D eigenvalue weighted by Gasteiger charge is -2.49. The Morgan fingerprint density at radius 3 is 1.89 bits per heavy atom. The maximum atomic E-state index is 14.5. The minimum Gasteiger partial charge on any atom is -0.448 e. The van der Waals surface area contributed by atoms with Crippen molar-refractivity contribution in [2.24, 2.45) is 5.16 Å². The van der Waals surface area contributed by atoms with E-state index in [-0.39, 0.29) is 17.1 Å². The summed E-state index contributed by atoms with van der Waals surface area (Å²) in [6.07, 6.45) is 4.31. The summed E-state index contributed by atoms with van der Waals surface area (Å²) >= 11 is 4.00. The van der Waals surface area contributed by atoms with Crippen LogP contribution in [0.25, 0.3) is 0 Å². The summed E-state index contributed by atoms with van der Waals surface area (Å²) in [5, 5.41) is 14.6. The monoisotopic (exact) mass is 927 g/mol. The van der Waals surface area contributed by atoms with Gasteiger partial charge in [-0.3, -0.25) is 14.5 Å². The summed E-state index contributed by atoms with van der Waals surface area (Å²) in [7, 11) is 1.34. The van der Waals surface area contributed by atoms with E-state index in [1.807, 2.05) is 115 Å². The number of carbonyl (C=O) groups excluding carboxylic acids is 3. The smallest absolute Gasteiger partial charge is 0.356 e. The van der Waals surface area contributed by atoms with Gasteiger partial charge in [-0.25, -0.2) is 19.7 Å². The van der Waals surface area contributed by atoms with Gasteiger partial charge in [-0.1, -0.05) is 169 Å². The average Bonchev–Trinajstić information content (AvgIpc) is 3.84. The molecule has 2 unspecified atom stereocenters. The van der Waals surface area contributed by atoms with Crippen molar-refractivity contribution in [1.29, 1.82) is 0 Å². The number of oxime groups is 1. The molecule has 5 aromatic carbocycles. The molecule has 2 aliphatic rings. The minimum atomic E-state index is -0.998. The first kappa shape index (κ1) is 43.9. The fourth-order valence-electron chi connectivity index (χ4n) is 7.92. The number of anilines is 1. The number of aromatic nitrogens is 3. The first-order valence-corrected chi connectivity index (χ1v) is 23.7. The van der Waals surface area contributed by atoms with Gasteiger partial charge in [0.15, 0.2) is 22.1 Å². The Morgan fingerprint density at radius 2 is 1.35 bits per heavy atom. The number of thiazole rings is 1. The van der Waals surface area contributed by atoms with E-state index in [2.05, 4.69) is 62.2 Å². The number of hydrogen-bond donors (Lipinski definition) is 2. The van der Waals surface area contributed by atoms with Crippen LogP contribution in [0.1, 0.15) is 39.6 Å². The van der Waals surface area contributed by atoms with Gasteiger partial charge < -0.3 is 20.2 Å². The summed E-state index contributed by atoms with van der Waals surface area (Å²) < 4.78 is 6.32. The molecule has 2 amide bonds. The Kier molecular flexibility index (Phi) is 13.5. The van der Waals surface area contributed by atoms with Crippen molar-refractivity contribution in [2.45, 2.75) is 28.2 Å². The molecule has 15 heteroatoms. The zero-order valence-electron chi connectivity index (χ0n) is 35.3. The van der Waals surface area contributed by atoms with Crippen LogP contribution in [0, 0.1) is 0 Å².